The van der Waals surface area contributed by atoms with E-state index in [1.807, 2.05) is 0 Å². The predicted octanol–water partition coefficient (Wildman–Crippen LogP) is 1.65. The molecule has 0 radical (unpaired) electrons. The molecule has 110 valence electrons. The highest BCUT2D eigenvalue weighted by atomic mass is 127. The molecule has 0 saturated carbocycles. The molecule has 0 saturated heterocycles. The molecule has 0 aliphatic rings. The number of nitriles is 1. The number of non-ortho nitro benzene ring substituents is 1. The van der Waals surface area contributed by atoms with Gasteiger partial charge in [0.1, 0.15) is 6.54 Å². The van der Waals surface area contributed by atoms with Crippen molar-refractivity contribution in [3.8, 4) is 15.9 Å². The summed E-state index contributed by atoms with van der Waals surface area (Å²) < 4.78 is 27.9. The van der Waals surface area contributed by atoms with Crippen LogP contribution < -0.4 is 0 Å². The summed E-state index contributed by atoms with van der Waals surface area (Å²) in [5.41, 5.74) is 0.108. The fraction of sp³-hybridized carbons (Fsp3) is 0.250. The van der Waals surface area contributed by atoms with Crippen molar-refractivity contribution in [2.24, 2.45) is 0 Å². The van der Waals surface area contributed by atoms with Crippen molar-refractivity contribution in [3.05, 3.63) is 39.9 Å². The first-order valence-corrected chi connectivity index (χ1v) is 8.26. The van der Waals surface area contributed by atoms with Crippen LogP contribution in [0, 0.1) is 31.3 Å². The first kappa shape index (κ1) is 17.4. The molecule has 0 bridgehead atoms. The summed E-state index contributed by atoms with van der Waals surface area (Å²) in [6.45, 7) is -0.406. The molecule has 0 fully saturated rings. The minimum Gasteiger partial charge on any atom is -0.258 e. The number of hydrogen-bond acceptors (Lipinski definition) is 5. The minimum atomic E-state index is -3.77. The maximum Gasteiger partial charge on any atom is 0.269 e. The van der Waals surface area contributed by atoms with E-state index in [4.69, 9.17) is 5.26 Å². The first-order chi connectivity index (χ1) is 9.90. The van der Waals surface area contributed by atoms with E-state index in [1.54, 1.807) is 28.7 Å². The largest absolute Gasteiger partial charge is 0.269 e. The molecule has 9 heteroatoms. The smallest absolute Gasteiger partial charge is 0.258 e. The lowest BCUT2D eigenvalue weighted by Crippen LogP contribution is -2.32. The van der Waals surface area contributed by atoms with E-state index in [0.717, 1.165) is 4.31 Å². The topological polar surface area (TPSA) is 104 Å². The zero-order chi connectivity index (χ0) is 15.9. The summed E-state index contributed by atoms with van der Waals surface area (Å²) >= 11 is 1.77. The van der Waals surface area contributed by atoms with Crippen LogP contribution in [0.4, 0.5) is 5.69 Å². The van der Waals surface area contributed by atoms with Gasteiger partial charge in [0.15, 0.2) is 0 Å². The van der Waals surface area contributed by atoms with Gasteiger partial charge in [-0.2, -0.15) is 9.57 Å². The Morgan fingerprint density at radius 3 is 2.67 bits per heavy atom. The van der Waals surface area contributed by atoms with Gasteiger partial charge in [-0.1, -0.05) is 18.1 Å². The average Bonchev–Trinajstić information content (AvgIpc) is 2.43. The number of nitrogens with zero attached hydrogens (tertiary/aromatic N) is 3. The Balaban J connectivity index is 3.01. The normalized spacial score (nSPS) is 10.5. The lowest BCUT2D eigenvalue weighted by Gasteiger charge is -2.16. The first-order valence-electron chi connectivity index (χ1n) is 5.57. The van der Waals surface area contributed by atoms with Crippen molar-refractivity contribution in [3.63, 3.8) is 0 Å². The molecule has 7 nitrogen and oxygen atoms in total. The average molecular weight is 419 g/mol. The van der Waals surface area contributed by atoms with Crippen LogP contribution in [0.25, 0.3) is 0 Å². The molecule has 21 heavy (non-hydrogen) atoms. The number of halogens is 1. The summed E-state index contributed by atoms with van der Waals surface area (Å²) in [7, 11) is -3.77. The fourth-order valence-electron chi connectivity index (χ4n) is 1.51. The van der Waals surface area contributed by atoms with Crippen LogP contribution in [0.15, 0.2) is 24.3 Å². The van der Waals surface area contributed by atoms with E-state index >= 15 is 0 Å². The second-order valence-corrected chi connectivity index (χ2v) is 6.39. The van der Waals surface area contributed by atoms with Crippen molar-refractivity contribution in [2.75, 3.05) is 13.1 Å². The molecule has 0 heterocycles. The van der Waals surface area contributed by atoms with Gasteiger partial charge in [0.25, 0.3) is 5.69 Å². The summed E-state index contributed by atoms with van der Waals surface area (Å²) in [4.78, 5) is 10.1. The number of hydrogen-bond donors (Lipinski definition) is 0. The molecule has 0 spiro atoms. The molecule has 0 N–H and O–H groups in total. The number of benzene rings is 1. The number of rotatable bonds is 6. The van der Waals surface area contributed by atoms with E-state index in [2.05, 4.69) is 9.85 Å². The highest BCUT2D eigenvalue weighted by Gasteiger charge is 2.22. The molecule has 0 aromatic heterocycles. The van der Waals surface area contributed by atoms with Crippen LogP contribution >= 0.6 is 22.6 Å². The Morgan fingerprint density at radius 1 is 1.38 bits per heavy atom. The second-order valence-electron chi connectivity index (χ2n) is 3.88. The van der Waals surface area contributed by atoms with Gasteiger partial charge in [-0.25, -0.2) is 8.42 Å². The van der Waals surface area contributed by atoms with Gasteiger partial charge in [-0.05, 0) is 9.49 Å². The van der Waals surface area contributed by atoms with E-state index < -0.39 is 20.7 Å². The zero-order valence-electron chi connectivity index (χ0n) is 10.7. The van der Waals surface area contributed by atoms with Gasteiger partial charge in [-0.3, -0.25) is 10.1 Å². The summed E-state index contributed by atoms with van der Waals surface area (Å²) in [6.07, 6.45) is 0. The van der Waals surface area contributed by atoms with Crippen LogP contribution in [-0.4, -0.2) is 30.7 Å². The molecule has 0 unspecified atom stereocenters. The third-order valence-electron chi connectivity index (χ3n) is 2.43. The Hall–Kier alpha value is -1.69. The maximum absolute atomic E-state index is 12.2. The zero-order valence-corrected chi connectivity index (χ0v) is 13.7. The van der Waals surface area contributed by atoms with Crippen molar-refractivity contribution >= 4 is 38.3 Å². The van der Waals surface area contributed by atoms with Gasteiger partial charge in [0, 0.05) is 34.7 Å². The van der Waals surface area contributed by atoms with Crippen molar-refractivity contribution < 1.29 is 13.3 Å². The molecule has 0 atom stereocenters. The highest BCUT2D eigenvalue weighted by molar-refractivity contribution is 14.1. The van der Waals surface area contributed by atoms with Gasteiger partial charge in [0.2, 0.25) is 10.0 Å². The lowest BCUT2D eigenvalue weighted by molar-refractivity contribution is -0.384. The second kappa shape index (κ2) is 7.93. The van der Waals surface area contributed by atoms with Crippen molar-refractivity contribution in [1.82, 2.24) is 4.31 Å². The van der Waals surface area contributed by atoms with E-state index in [9.17, 15) is 18.5 Å². The molecule has 1 rings (SSSR count). The van der Waals surface area contributed by atoms with Crippen LogP contribution in [0.2, 0.25) is 0 Å². The molecular formula is C12H10IN3O4S. The molecule has 1 aromatic rings. The Kier molecular flexibility index (Phi) is 6.55. The molecular weight excluding hydrogens is 409 g/mol. The lowest BCUT2D eigenvalue weighted by atomic mass is 10.2. The maximum atomic E-state index is 12.2. The molecule has 0 aliphatic carbocycles. The van der Waals surface area contributed by atoms with E-state index in [1.165, 1.54) is 24.3 Å². The van der Waals surface area contributed by atoms with Gasteiger partial charge >= 0.3 is 0 Å². The number of nitro benzene ring substituents is 1. The fourth-order valence-corrected chi connectivity index (χ4v) is 2.98. The summed E-state index contributed by atoms with van der Waals surface area (Å²) in [5.74, 6) is 2.16. The summed E-state index contributed by atoms with van der Waals surface area (Å²) in [5, 5.41) is 19.4. The Labute approximate surface area is 135 Å². The van der Waals surface area contributed by atoms with Gasteiger partial charge in [0.05, 0.1) is 23.3 Å². The van der Waals surface area contributed by atoms with Gasteiger partial charge in [-0.15, -0.1) is 0 Å². The van der Waals surface area contributed by atoms with Crippen LogP contribution in [0.1, 0.15) is 5.56 Å². The number of nitro groups is 1. The third-order valence-corrected chi connectivity index (χ3v) is 4.56. The van der Waals surface area contributed by atoms with E-state index in [0.29, 0.717) is 0 Å². The summed E-state index contributed by atoms with van der Waals surface area (Å²) in [6, 6.07) is 7.15. The van der Waals surface area contributed by atoms with Gasteiger partial charge < -0.3 is 0 Å². The number of sulfonamides is 1. The Bertz CT molecular complexity index is 731. The predicted molar refractivity (Wildman–Crippen MR) is 84.7 cm³/mol. The quantitative estimate of drug-likeness (QED) is 0.229. The molecule has 0 amide bonds. The minimum absolute atomic E-state index is 0.0895. The molecule has 1 aromatic carbocycles. The molecule has 0 aliphatic heterocycles. The van der Waals surface area contributed by atoms with Crippen molar-refractivity contribution in [1.29, 1.82) is 5.26 Å². The standard InChI is InChI=1S/C12H10IN3O4S/c13-5-2-7-15(8-6-14)21(19,20)10-11-3-1-4-12(9-11)16(17)18/h1,3-4,9H,7-8,10H2. The van der Waals surface area contributed by atoms with Crippen molar-refractivity contribution in [2.45, 2.75) is 5.75 Å². The SMILES string of the molecule is N#CCN(CC#CI)S(=O)(=O)Cc1cccc([N+](=O)[O-])c1. The monoisotopic (exact) mass is 419 g/mol. The highest BCUT2D eigenvalue weighted by Crippen LogP contribution is 2.17. The Morgan fingerprint density at radius 2 is 2.10 bits per heavy atom. The van der Waals surface area contributed by atoms with Crippen LogP contribution in [-0.2, 0) is 15.8 Å². The van der Waals surface area contributed by atoms with Crippen LogP contribution in [0.5, 0.6) is 0 Å². The van der Waals surface area contributed by atoms with E-state index in [-0.39, 0.29) is 24.3 Å². The third kappa shape index (κ3) is 5.30. The van der Waals surface area contributed by atoms with Crippen LogP contribution in [0.3, 0.4) is 0 Å².